The molecular weight excluding hydrogens is 430 g/mol. The summed E-state index contributed by atoms with van der Waals surface area (Å²) in [6.45, 7) is 3.42. The smallest absolute Gasteiger partial charge is 0.407 e. The summed E-state index contributed by atoms with van der Waals surface area (Å²) < 4.78 is 0. The standard InChI is InChI=1S/C27H29N3O4/c1-19(22-12-6-9-20-7-2-4-10-23(20)22)28-26(32)24-11-5-3-8-21(24)13-14-25(31)29-15-17-30(18-16-29)27(33)34/h2-12,19H,13-18H2,1H3,(H,28,32)(H,33,34). The molecule has 3 aromatic rings. The van der Waals surface area contributed by atoms with Crippen LogP contribution in [0.2, 0.25) is 0 Å². The number of amides is 3. The number of hydrogen-bond donors (Lipinski definition) is 2. The molecule has 1 heterocycles. The average molecular weight is 460 g/mol. The third-order valence-corrected chi connectivity index (χ3v) is 6.41. The number of carboxylic acid groups (broad SMARTS) is 1. The molecule has 176 valence electrons. The number of nitrogens with one attached hydrogen (secondary N) is 1. The third kappa shape index (κ3) is 5.20. The topological polar surface area (TPSA) is 90.0 Å². The maximum Gasteiger partial charge on any atom is 0.407 e. The van der Waals surface area contributed by atoms with Crippen molar-refractivity contribution in [2.24, 2.45) is 0 Å². The first-order valence-electron chi connectivity index (χ1n) is 11.6. The van der Waals surface area contributed by atoms with E-state index < -0.39 is 6.09 Å². The maximum atomic E-state index is 13.2. The Balaban J connectivity index is 1.40. The predicted octanol–water partition coefficient (Wildman–Crippen LogP) is 4.09. The fourth-order valence-corrected chi connectivity index (χ4v) is 4.49. The van der Waals surface area contributed by atoms with Gasteiger partial charge in [0.2, 0.25) is 5.91 Å². The van der Waals surface area contributed by atoms with Crippen LogP contribution in [0.5, 0.6) is 0 Å². The Morgan fingerprint density at radius 1 is 0.882 bits per heavy atom. The second-order valence-corrected chi connectivity index (χ2v) is 8.57. The molecular formula is C27H29N3O4. The lowest BCUT2D eigenvalue weighted by Crippen LogP contribution is -2.50. The van der Waals surface area contributed by atoms with E-state index in [1.165, 1.54) is 4.90 Å². The normalized spacial score (nSPS) is 14.6. The molecule has 7 nitrogen and oxygen atoms in total. The van der Waals surface area contributed by atoms with Crippen molar-refractivity contribution >= 4 is 28.7 Å². The maximum absolute atomic E-state index is 13.2. The Hall–Kier alpha value is -3.87. The summed E-state index contributed by atoms with van der Waals surface area (Å²) in [6, 6.07) is 21.4. The van der Waals surface area contributed by atoms with E-state index in [-0.39, 0.29) is 24.3 Å². The van der Waals surface area contributed by atoms with Crippen LogP contribution in [0.3, 0.4) is 0 Å². The zero-order valence-corrected chi connectivity index (χ0v) is 19.2. The van der Waals surface area contributed by atoms with Gasteiger partial charge >= 0.3 is 6.09 Å². The van der Waals surface area contributed by atoms with Crippen LogP contribution in [0.25, 0.3) is 10.8 Å². The summed E-state index contributed by atoms with van der Waals surface area (Å²) in [5.41, 5.74) is 2.44. The summed E-state index contributed by atoms with van der Waals surface area (Å²) >= 11 is 0. The molecule has 1 aliphatic rings. The second kappa shape index (κ2) is 10.4. The summed E-state index contributed by atoms with van der Waals surface area (Å²) in [6.07, 6.45) is -0.231. The van der Waals surface area contributed by atoms with Gasteiger partial charge in [-0.15, -0.1) is 0 Å². The number of nitrogens with zero attached hydrogens (tertiary/aromatic N) is 2. The minimum Gasteiger partial charge on any atom is -0.465 e. The van der Waals surface area contributed by atoms with Gasteiger partial charge in [-0.3, -0.25) is 9.59 Å². The lowest BCUT2D eigenvalue weighted by Gasteiger charge is -2.33. The molecule has 3 aromatic carbocycles. The van der Waals surface area contributed by atoms with Gasteiger partial charge < -0.3 is 20.2 Å². The van der Waals surface area contributed by atoms with Gasteiger partial charge in [-0.25, -0.2) is 4.79 Å². The number of rotatable bonds is 6. The van der Waals surface area contributed by atoms with E-state index in [9.17, 15) is 14.4 Å². The SMILES string of the molecule is CC(NC(=O)c1ccccc1CCC(=O)N1CCN(C(=O)O)CC1)c1cccc2ccccc12. The van der Waals surface area contributed by atoms with Crippen LogP contribution in [0, 0.1) is 0 Å². The highest BCUT2D eigenvalue weighted by atomic mass is 16.4. The van der Waals surface area contributed by atoms with Crippen molar-refractivity contribution in [1.29, 1.82) is 0 Å². The van der Waals surface area contributed by atoms with Crippen molar-refractivity contribution in [2.75, 3.05) is 26.2 Å². The Morgan fingerprint density at radius 3 is 2.29 bits per heavy atom. The number of carbonyl (C=O) groups excluding carboxylic acids is 2. The van der Waals surface area contributed by atoms with Crippen molar-refractivity contribution in [3.05, 3.63) is 83.4 Å². The summed E-state index contributed by atoms with van der Waals surface area (Å²) in [7, 11) is 0. The molecule has 1 atom stereocenters. The van der Waals surface area contributed by atoms with Gasteiger partial charge in [-0.2, -0.15) is 0 Å². The van der Waals surface area contributed by atoms with Crippen molar-refractivity contribution < 1.29 is 19.5 Å². The minimum atomic E-state index is -0.954. The minimum absolute atomic E-state index is 0.0237. The van der Waals surface area contributed by atoms with Crippen LogP contribution in [-0.4, -0.2) is 59.0 Å². The molecule has 2 N–H and O–H groups in total. The Labute approximate surface area is 199 Å². The van der Waals surface area contributed by atoms with Crippen LogP contribution in [0.1, 0.15) is 40.9 Å². The number of fused-ring (bicyclic) bond motifs is 1. The molecule has 3 amide bonds. The molecule has 1 saturated heterocycles. The van der Waals surface area contributed by atoms with Gasteiger partial charge in [0, 0.05) is 38.2 Å². The van der Waals surface area contributed by atoms with Gasteiger partial charge in [0.05, 0.1) is 6.04 Å². The molecule has 4 rings (SSSR count). The fourth-order valence-electron chi connectivity index (χ4n) is 4.49. The summed E-state index contributed by atoms with van der Waals surface area (Å²) in [5, 5.41) is 14.4. The second-order valence-electron chi connectivity index (χ2n) is 8.57. The van der Waals surface area contributed by atoms with Gasteiger partial charge in [-0.1, -0.05) is 60.7 Å². The van der Waals surface area contributed by atoms with Crippen LogP contribution in [0.15, 0.2) is 66.7 Å². The van der Waals surface area contributed by atoms with Crippen molar-refractivity contribution in [3.63, 3.8) is 0 Å². The van der Waals surface area contributed by atoms with Crippen molar-refractivity contribution in [2.45, 2.75) is 25.8 Å². The first kappa shape index (κ1) is 23.3. The van der Waals surface area contributed by atoms with Crippen LogP contribution in [-0.2, 0) is 11.2 Å². The van der Waals surface area contributed by atoms with E-state index in [2.05, 4.69) is 23.5 Å². The number of piperazine rings is 1. The van der Waals surface area contributed by atoms with Crippen molar-refractivity contribution in [3.8, 4) is 0 Å². The lowest BCUT2D eigenvalue weighted by atomic mass is 9.98. The van der Waals surface area contributed by atoms with E-state index in [0.717, 1.165) is 21.9 Å². The van der Waals surface area contributed by atoms with Gasteiger partial charge in [0.1, 0.15) is 0 Å². The molecule has 0 spiro atoms. The third-order valence-electron chi connectivity index (χ3n) is 6.41. The zero-order chi connectivity index (χ0) is 24.1. The van der Waals surface area contributed by atoms with E-state index >= 15 is 0 Å². The lowest BCUT2D eigenvalue weighted by molar-refractivity contribution is -0.132. The van der Waals surface area contributed by atoms with Gasteiger partial charge in [0.15, 0.2) is 0 Å². The van der Waals surface area contributed by atoms with E-state index in [1.54, 1.807) is 11.0 Å². The average Bonchev–Trinajstić information content (AvgIpc) is 2.87. The number of aryl methyl sites for hydroxylation is 1. The highest BCUT2D eigenvalue weighted by Crippen LogP contribution is 2.24. The molecule has 0 radical (unpaired) electrons. The highest BCUT2D eigenvalue weighted by Gasteiger charge is 2.24. The Bertz CT molecular complexity index is 1200. The van der Waals surface area contributed by atoms with Crippen molar-refractivity contribution in [1.82, 2.24) is 15.1 Å². The molecule has 0 saturated carbocycles. The quantitative estimate of drug-likeness (QED) is 0.581. The largest absolute Gasteiger partial charge is 0.465 e. The molecule has 7 heteroatoms. The van der Waals surface area contributed by atoms with Crippen LogP contribution in [0.4, 0.5) is 4.79 Å². The van der Waals surface area contributed by atoms with E-state index in [4.69, 9.17) is 5.11 Å². The Kier molecular flexibility index (Phi) is 7.11. The number of hydrogen-bond acceptors (Lipinski definition) is 3. The monoisotopic (exact) mass is 459 g/mol. The molecule has 34 heavy (non-hydrogen) atoms. The van der Waals surface area contributed by atoms with Gasteiger partial charge in [0.25, 0.3) is 5.91 Å². The first-order chi connectivity index (χ1) is 16.4. The first-order valence-corrected chi connectivity index (χ1v) is 11.6. The highest BCUT2D eigenvalue weighted by molar-refractivity contribution is 5.96. The molecule has 0 bridgehead atoms. The van der Waals surface area contributed by atoms with Crippen LogP contribution >= 0.6 is 0 Å². The Morgan fingerprint density at radius 2 is 1.53 bits per heavy atom. The molecule has 1 unspecified atom stereocenters. The molecule has 1 fully saturated rings. The number of benzene rings is 3. The van der Waals surface area contributed by atoms with E-state index in [0.29, 0.717) is 38.2 Å². The summed E-state index contributed by atoms with van der Waals surface area (Å²) in [5.74, 6) is -0.192. The molecule has 0 aromatic heterocycles. The number of carbonyl (C=O) groups is 3. The van der Waals surface area contributed by atoms with Crippen LogP contribution < -0.4 is 5.32 Å². The fraction of sp³-hybridized carbons (Fsp3) is 0.296. The predicted molar refractivity (Wildman–Crippen MR) is 131 cm³/mol. The molecule has 0 aliphatic carbocycles. The summed E-state index contributed by atoms with van der Waals surface area (Å²) in [4.78, 5) is 39.9. The zero-order valence-electron chi connectivity index (χ0n) is 19.2. The molecule has 1 aliphatic heterocycles. The van der Waals surface area contributed by atoms with E-state index in [1.807, 2.05) is 49.4 Å². The van der Waals surface area contributed by atoms with Gasteiger partial charge in [-0.05, 0) is 41.3 Å².